The number of ether oxygens (including phenoxy) is 1. The first kappa shape index (κ1) is 20.6. The van der Waals surface area contributed by atoms with Crippen molar-refractivity contribution in [2.75, 3.05) is 26.7 Å². The molecule has 0 saturated carbocycles. The number of piperidine rings is 1. The van der Waals surface area contributed by atoms with Crippen molar-refractivity contribution in [2.45, 2.75) is 17.7 Å². The van der Waals surface area contributed by atoms with Gasteiger partial charge in [-0.1, -0.05) is 11.6 Å². The number of nitrogens with zero attached hydrogens (tertiary/aromatic N) is 2. The van der Waals surface area contributed by atoms with E-state index in [0.29, 0.717) is 30.2 Å². The van der Waals surface area contributed by atoms with Crippen LogP contribution in [-0.4, -0.2) is 51.0 Å². The summed E-state index contributed by atoms with van der Waals surface area (Å²) in [5.41, 5.74) is 0.565. The Balaban J connectivity index is 1.57. The van der Waals surface area contributed by atoms with Crippen molar-refractivity contribution < 1.29 is 17.9 Å². The van der Waals surface area contributed by atoms with Crippen LogP contribution in [0.4, 0.5) is 0 Å². The number of pyridine rings is 1. The van der Waals surface area contributed by atoms with Crippen LogP contribution in [-0.2, 0) is 10.0 Å². The standard InChI is InChI=1S/C19H22ClN3O4S/c1-27-17-5-4-16(20)11-18(17)28(25,26)22-12-14-6-9-23(10-7-14)19(24)15-3-2-8-21-13-15/h2-5,8,11,13-14,22H,6-7,9-10,12H2,1H3. The molecular weight excluding hydrogens is 402 g/mol. The molecule has 1 amide bonds. The molecule has 0 aliphatic carbocycles. The highest BCUT2D eigenvalue weighted by Gasteiger charge is 2.26. The fraction of sp³-hybridized carbons (Fsp3) is 0.368. The number of methoxy groups -OCH3 is 1. The lowest BCUT2D eigenvalue weighted by Gasteiger charge is -2.32. The van der Waals surface area contributed by atoms with Crippen LogP contribution in [0.25, 0.3) is 0 Å². The van der Waals surface area contributed by atoms with Gasteiger partial charge in [-0.25, -0.2) is 13.1 Å². The molecule has 150 valence electrons. The quantitative estimate of drug-likeness (QED) is 0.771. The van der Waals surface area contributed by atoms with Crippen LogP contribution < -0.4 is 9.46 Å². The number of likely N-dealkylation sites (tertiary alicyclic amines) is 1. The monoisotopic (exact) mass is 423 g/mol. The topological polar surface area (TPSA) is 88.6 Å². The summed E-state index contributed by atoms with van der Waals surface area (Å²) in [7, 11) is -2.33. The second kappa shape index (κ2) is 8.89. The van der Waals surface area contributed by atoms with E-state index < -0.39 is 10.0 Å². The Labute approximate surface area is 169 Å². The summed E-state index contributed by atoms with van der Waals surface area (Å²) in [6, 6.07) is 7.96. The first-order valence-electron chi connectivity index (χ1n) is 8.93. The fourth-order valence-electron chi connectivity index (χ4n) is 3.18. The molecule has 28 heavy (non-hydrogen) atoms. The van der Waals surface area contributed by atoms with Crippen molar-refractivity contribution in [1.29, 1.82) is 0 Å². The first-order valence-corrected chi connectivity index (χ1v) is 10.8. The van der Waals surface area contributed by atoms with Gasteiger partial charge < -0.3 is 9.64 Å². The van der Waals surface area contributed by atoms with Crippen LogP contribution in [0.2, 0.25) is 5.02 Å². The number of sulfonamides is 1. The number of aromatic nitrogens is 1. The number of carbonyl (C=O) groups is 1. The molecular formula is C19H22ClN3O4S. The molecule has 7 nitrogen and oxygen atoms in total. The van der Waals surface area contributed by atoms with Gasteiger partial charge in [0, 0.05) is 37.1 Å². The second-order valence-electron chi connectivity index (χ2n) is 6.62. The molecule has 2 heterocycles. The van der Waals surface area contributed by atoms with Crippen LogP contribution in [0.5, 0.6) is 5.75 Å². The van der Waals surface area contributed by atoms with Crippen LogP contribution in [0.3, 0.4) is 0 Å². The molecule has 1 aliphatic rings. The highest BCUT2D eigenvalue weighted by atomic mass is 35.5. The zero-order valence-corrected chi connectivity index (χ0v) is 17.0. The number of hydrogen-bond acceptors (Lipinski definition) is 5. The van der Waals surface area contributed by atoms with E-state index in [2.05, 4.69) is 9.71 Å². The van der Waals surface area contributed by atoms with Gasteiger partial charge in [-0.2, -0.15) is 0 Å². The van der Waals surface area contributed by atoms with Crippen LogP contribution in [0, 0.1) is 5.92 Å². The zero-order valence-electron chi connectivity index (χ0n) is 15.5. The molecule has 0 atom stereocenters. The molecule has 1 N–H and O–H groups in total. The van der Waals surface area contributed by atoms with E-state index in [4.69, 9.17) is 16.3 Å². The lowest BCUT2D eigenvalue weighted by atomic mass is 9.97. The number of amides is 1. The molecule has 9 heteroatoms. The molecule has 1 aliphatic heterocycles. The largest absolute Gasteiger partial charge is 0.495 e. The Bertz CT molecular complexity index is 929. The van der Waals surface area contributed by atoms with E-state index in [1.54, 1.807) is 35.5 Å². The maximum atomic E-state index is 12.6. The average Bonchev–Trinajstić information content (AvgIpc) is 2.73. The van der Waals surface area contributed by atoms with Gasteiger partial charge in [0.15, 0.2) is 0 Å². The van der Waals surface area contributed by atoms with E-state index in [9.17, 15) is 13.2 Å². The smallest absolute Gasteiger partial charge is 0.255 e. The van der Waals surface area contributed by atoms with Crippen LogP contribution in [0.1, 0.15) is 23.2 Å². The minimum Gasteiger partial charge on any atom is -0.495 e. The van der Waals surface area contributed by atoms with Gasteiger partial charge in [0.25, 0.3) is 5.91 Å². The van der Waals surface area contributed by atoms with E-state index in [1.807, 2.05) is 0 Å². The Morgan fingerprint density at radius 3 is 2.71 bits per heavy atom. The number of rotatable bonds is 6. The van der Waals surface area contributed by atoms with Crippen LogP contribution >= 0.6 is 11.6 Å². The summed E-state index contributed by atoms with van der Waals surface area (Å²) in [6.45, 7) is 1.47. The molecule has 1 saturated heterocycles. The van der Waals surface area contributed by atoms with Gasteiger partial charge in [0.05, 0.1) is 12.7 Å². The van der Waals surface area contributed by atoms with Crippen LogP contribution in [0.15, 0.2) is 47.6 Å². The Hall–Kier alpha value is -2.16. The maximum absolute atomic E-state index is 12.6. The van der Waals surface area contributed by atoms with Gasteiger partial charge >= 0.3 is 0 Å². The number of halogens is 1. The summed E-state index contributed by atoms with van der Waals surface area (Å²) >= 11 is 5.94. The molecule has 0 bridgehead atoms. The van der Waals surface area contributed by atoms with Gasteiger partial charge in [-0.3, -0.25) is 9.78 Å². The third-order valence-electron chi connectivity index (χ3n) is 4.79. The summed E-state index contributed by atoms with van der Waals surface area (Å²) in [5.74, 6) is 0.350. The van der Waals surface area contributed by atoms with Crippen molar-refractivity contribution in [2.24, 2.45) is 5.92 Å². The van der Waals surface area contributed by atoms with Crippen molar-refractivity contribution in [3.8, 4) is 5.75 Å². The van der Waals surface area contributed by atoms with Crippen molar-refractivity contribution in [3.05, 3.63) is 53.3 Å². The molecule has 0 radical (unpaired) electrons. The number of benzene rings is 1. The van der Waals surface area contributed by atoms with Crippen molar-refractivity contribution >= 4 is 27.5 Å². The third kappa shape index (κ3) is 4.81. The molecule has 0 unspecified atom stereocenters. The third-order valence-corrected chi connectivity index (χ3v) is 6.47. The summed E-state index contributed by atoms with van der Waals surface area (Å²) in [6.07, 6.45) is 4.63. The van der Waals surface area contributed by atoms with Crippen molar-refractivity contribution in [1.82, 2.24) is 14.6 Å². The highest BCUT2D eigenvalue weighted by molar-refractivity contribution is 7.89. The molecule has 2 aromatic rings. The number of nitrogens with one attached hydrogen (secondary N) is 1. The predicted octanol–water partition coefficient (Wildman–Crippen LogP) is 2.57. The minimum absolute atomic E-state index is 0.0201. The Morgan fingerprint density at radius 2 is 2.07 bits per heavy atom. The predicted molar refractivity (Wildman–Crippen MR) is 106 cm³/mol. The Morgan fingerprint density at radius 1 is 1.32 bits per heavy atom. The number of hydrogen-bond donors (Lipinski definition) is 1. The average molecular weight is 424 g/mol. The van der Waals surface area contributed by atoms with E-state index in [0.717, 1.165) is 12.8 Å². The zero-order chi connectivity index (χ0) is 20.1. The van der Waals surface area contributed by atoms with E-state index in [1.165, 1.54) is 19.2 Å². The van der Waals surface area contributed by atoms with Crippen molar-refractivity contribution in [3.63, 3.8) is 0 Å². The normalized spacial score (nSPS) is 15.4. The summed E-state index contributed by atoms with van der Waals surface area (Å²) < 4.78 is 33.1. The van der Waals surface area contributed by atoms with Gasteiger partial charge in [0.2, 0.25) is 10.0 Å². The summed E-state index contributed by atoms with van der Waals surface area (Å²) in [5, 5.41) is 0.323. The van der Waals surface area contributed by atoms with Gasteiger partial charge in [-0.15, -0.1) is 0 Å². The summed E-state index contributed by atoms with van der Waals surface area (Å²) in [4.78, 5) is 18.2. The molecule has 1 aromatic carbocycles. The van der Waals surface area contributed by atoms with E-state index >= 15 is 0 Å². The maximum Gasteiger partial charge on any atom is 0.255 e. The molecule has 1 aromatic heterocycles. The van der Waals surface area contributed by atoms with E-state index in [-0.39, 0.29) is 22.5 Å². The highest BCUT2D eigenvalue weighted by Crippen LogP contribution is 2.27. The van der Waals surface area contributed by atoms with Gasteiger partial charge in [0.1, 0.15) is 10.6 Å². The first-order chi connectivity index (χ1) is 13.4. The molecule has 3 rings (SSSR count). The fourth-order valence-corrected chi connectivity index (χ4v) is 4.72. The Kier molecular flexibility index (Phi) is 6.53. The molecule has 1 fully saturated rings. The lowest BCUT2D eigenvalue weighted by Crippen LogP contribution is -2.41. The molecule has 0 spiro atoms. The lowest BCUT2D eigenvalue weighted by molar-refractivity contribution is 0.0691. The SMILES string of the molecule is COc1ccc(Cl)cc1S(=O)(=O)NCC1CCN(C(=O)c2cccnc2)CC1. The minimum atomic E-state index is -3.75. The number of carbonyl (C=O) groups excluding carboxylic acids is 1. The second-order valence-corrected chi connectivity index (χ2v) is 8.80. The van der Waals surface area contributed by atoms with Gasteiger partial charge in [-0.05, 0) is 49.1 Å².